The molecule has 3 heteroatoms. The zero-order valence-corrected chi connectivity index (χ0v) is 11.5. The Morgan fingerprint density at radius 3 is 2.42 bits per heavy atom. The summed E-state index contributed by atoms with van der Waals surface area (Å²) in [6, 6.07) is 10.6. The molecule has 0 saturated carbocycles. The molecule has 0 spiro atoms. The highest BCUT2D eigenvalue weighted by molar-refractivity contribution is 5.76. The zero-order chi connectivity index (χ0) is 13.5. The number of aromatic nitrogens is 3. The van der Waals surface area contributed by atoms with Gasteiger partial charge in [-0.15, -0.1) is 0 Å². The lowest BCUT2D eigenvalue weighted by Crippen LogP contribution is -2.10. The number of hydrogen-bond donors (Lipinski definition) is 0. The summed E-state index contributed by atoms with van der Waals surface area (Å²) in [5.74, 6) is 0. The summed E-state index contributed by atoms with van der Waals surface area (Å²) in [6.07, 6.45) is 5.43. The molecule has 96 valence electrons. The van der Waals surface area contributed by atoms with Crippen LogP contribution in [-0.2, 0) is 5.41 Å². The summed E-state index contributed by atoms with van der Waals surface area (Å²) in [7, 11) is 0. The molecule has 0 N–H and O–H groups in total. The Hall–Kier alpha value is -2.16. The van der Waals surface area contributed by atoms with Crippen molar-refractivity contribution in [2.75, 3.05) is 0 Å². The third kappa shape index (κ3) is 2.12. The zero-order valence-electron chi connectivity index (χ0n) is 11.5. The van der Waals surface area contributed by atoms with Gasteiger partial charge in [-0.3, -0.25) is 9.55 Å². The first-order valence-electron chi connectivity index (χ1n) is 6.44. The lowest BCUT2D eigenvalue weighted by atomic mass is 9.87. The number of nitrogens with zero attached hydrogens (tertiary/aromatic N) is 3. The van der Waals surface area contributed by atoms with Crippen molar-refractivity contribution in [1.29, 1.82) is 0 Å². The van der Waals surface area contributed by atoms with E-state index in [1.165, 1.54) is 5.56 Å². The SMILES string of the molecule is CC(C)(C)c1ccc(-n2cnc3cnccc32)cc1. The van der Waals surface area contributed by atoms with Gasteiger partial charge in [0.15, 0.2) is 0 Å². The summed E-state index contributed by atoms with van der Waals surface area (Å²) in [6.45, 7) is 6.67. The molecular weight excluding hydrogens is 234 g/mol. The molecule has 2 heterocycles. The van der Waals surface area contributed by atoms with Gasteiger partial charge < -0.3 is 0 Å². The maximum absolute atomic E-state index is 4.37. The molecule has 1 aromatic carbocycles. The molecule has 0 amide bonds. The second-order valence-corrected chi connectivity index (χ2v) is 5.78. The maximum Gasteiger partial charge on any atom is 0.107 e. The smallest absolute Gasteiger partial charge is 0.107 e. The average Bonchev–Trinajstić information content (AvgIpc) is 2.82. The minimum atomic E-state index is 0.180. The van der Waals surface area contributed by atoms with Crippen molar-refractivity contribution < 1.29 is 0 Å². The summed E-state index contributed by atoms with van der Waals surface area (Å²) in [5.41, 5.74) is 4.64. The molecule has 0 radical (unpaired) electrons. The van der Waals surface area contributed by atoms with E-state index in [-0.39, 0.29) is 5.41 Å². The monoisotopic (exact) mass is 251 g/mol. The lowest BCUT2D eigenvalue weighted by molar-refractivity contribution is 0.590. The summed E-state index contributed by atoms with van der Waals surface area (Å²) in [4.78, 5) is 8.46. The first kappa shape index (κ1) is 11.9. The van der Waals surface area contributed by atoms with Gasteiger partial charge in [-0.25, -0.2) is 4.98 Å². The molecule has 3 rings (SSSR count). The van der Waals surface area contributed by atoms with Gasteiger partial charge in [0.05, 0.1) is 11.7 Å². The van der Waals surface area contributed by atoms with Crippen LogP contribution in [0.3, 0.4) is 0 Å². The molecule has 19 heavy (non-hydrogen) atoms. The molecule has 0 saturated heterocycles. The third-order valence-electron chi connectivity index (χ3n) is 3.36. The van der Waals surface area contributed by atoms with E-state index in [0.717, 1.165) is 16.7 Å². The lowest BCUT2D eigenvalue weighted by Gasteiger charge is -2.19. The van der Waals surface area contributed by atoms with Crippen LogP contribution in [0.4, 0.5) is 0 Å². The van der Waals surface area contributed by atoms with Crippen molar-refractivity contribution in [3.63, 3.8) is 0 Å². The van der Waals surface area contributed by atoms with Crippen LogP contribution < -0.4 is 0 Å². The highest BCUT2D eigenvalue weighted by Crippen LogP contribution is 2.24. The predicted octanol–water partition coefficient (Wildman–Crippen LogP) is 3.72. The van der Waals surface area contributed by atoms with Gasteiger partial charge in [0, 0.05) is 11.9 Å². The van der Waals surface area contributed by atoms with Crippen LogP contribution in [0.1, 0.15) is 26.3 Å². The molecular formula is C16H17N3. The second kappa shape index (κ2) is 4.19. The number of imidazole rings is 1. The van der Waals surface area contributed by atoms with Crippen molar-refractivity contribution >= 4 is 11.0 Å². The standard InChI is InChI=1S/C16H17N3/c1-16(2,3)12-4-6-13(7-5-12)19-11-18-14-10-17-9-8-15(14)19/h4-11H,1-3H3. The average molecular weight is 251 g/mol. The topological polar surface area (TPSA) is 30.7 Å². The maximum atomic E-state index is 4.37. The fraction of sp³-hybridized carbons (Fsp3) is 0.250. The fourth-order valence-corrected chi connectivity index (χ4v) is 2.19. The molecule has 2 aromatic heterocycles. The molecule has 0 aliphatic rings. The van der Waals surface area contributed by atoms with Crippen molar-refractivity contribution in [1.82, 2.24) is 14.5 Å². The van der Waals surface area contributed by atoms with E-state index in [0.29, 0.717) is 0 Å². The highest BCUT2D eigenvalue weighted by atomic mass is 15.1. The van der Waals surface area contributed by atoms with Crippen molar-refractivity contribution in [2.45, 2.75) is 26.2 Å². The summed E-state index contributed by atoms with van der Waals surface area (Å²) >= 11 is 0. The van der Waals surface area contributed by atoms with Crippen molar-refractivity contribution in [3.8, 4) is 5.69 Å². The molecule has 0 aliphatic carbocycles. The van der Waals surface area contributed by atoms with Crippen LogP contribution in [0.5, 0.6) is 0 Å². The van der Waals surface area contributed by atoms with E-state index in [1.807, 2.05) is 12.4 Å². The molecule has 0 atom stereocenters. The molecule has 3 nitrogen and oxygen atoms in total. The van der Waals surface area contributed by atoms with Crippen LogP contribution in [-0.4, -0.2) is 14.5 Å². The number of hydrogen-bond acceptors (Lipinski definition) is 2. The number of fused-ring (bicyclic) bond motifs is 1. The highest BCUT2D eigenvalue weighted by Gasteiger charge is 2.13. The minimum Gasteiger partial charge on any atom is -0.299 e. The largest absolute Gasteiger partial charge is 0.299 e. The Kier molecular flexibility index (Phi) is 2.63. The van der Waals surface area contributed by atoms with Gasteiger partial charge in [-0.2, -0.15) is 0 Å². The summed E-state index contributed by atoms with van der Waals surface area (Å²) < 4.78 is 2.09. The van der Waals surface area contributed by atoms with E-state index < -0.39 is 0 Å². The van der Waals surface area contributed by atoms with Crippen LogP contribution in [0.2, 0.25) is 0 Å². The Morgan fingerprint density at radius 2 is 1.74 bits per heavy atom. The predicted molar refractivity (Wildman–Crippen MR) is 77.6 cm³/mol. The second-order valence-electron chi connectivity index (χ2n) is 5.78. The fourth-order valence-electron chi connectivity index (χ4n) is 2.19. The van der Waals surface area contributed by atoms with Gasteiger partial charge in [0.25, 0.3) is 0 Å². The minimum absolute atomic E-state index is 0.180. The number of rotatable bonds is 1. The van der Waals surface area contributed by atoms with Crippen LogP contribution >= 0.6 is 0 Å². The molecule has 0 unspecified atom stereocenters. The van der Waals surface area contributed by atoms with Crippen LogP contribution in [0, 0.1) is 0 Å². The van der Waals surface area contributed by atoms with Crippen molar-refractivity contribution in [3.05, 3.63) is 54.6 Å². The Morgan fingerprint density at radius 1 is 1.00 bits per heavy atom. The quantitative estimate of drug-likeness (QED) is 0.660. The Bertz CT molecular complexity index is 703. The normalized spacial score (nSPS) is 11.9. The van der Waals surface area contributed by atoms with Gasteiger partial charge in [0.1, 0.15) is 11.8 Å². The van der Waals surface area contributed by atoms with E-state index in [4.69, 9.17) is 0 Å². The van der Waals surface area contributed by atoms with Crippen LogP contribution in [0.25, 0.3) is 16.7 Å². The van der Waals surface area contributed by atoms with Crippen LogP contribution in [0.15, 0.2) is 49.1 Å². The van der Waals surface area contributed by atoms with Gasteiger partial charge in [-0.05, 0) is 29.2 Å². The first-order chi connectivity index (χ1) is 9.05. The third-order valence-corrected chi connectivity index (χ3v) is 3.36. The first-order valence-corrected chi connectivity index (χ1v) is 6.44. The Balaban J connectivity index is 2.07. The molecule has 3 aromatic rings. The van der Waals surface area contributed by atoms with E-state index in [2.05, 4.69) is 59.6 Å². The Labute approximate surface area is 112 Å². The van der Waals surface area contributed by atoms with Crippen molar-refractivity contribution in [2.24, 2.45) is 0 Å². The molecule has 0 bridgehead atoms. The van der Waals surface area contributed by atoms with E-state index >= 15 is 0 Å². The van der Waals surface area contributed by atoms with E-state index in [9.17, 15) is 0 Å². The van der Waals surface area contributed by atoms with E-state index in [1.54, 1.807) is 12.4 Å². The molecule has 0 aliphatic heterocycles. The van der Waals surface area contributed by atoms with Gasteiger partial charge in [-0.1, -0.05) is 32.9 Å². The van der Waals surface area contributed by atoms with Gasteiger partial charge in [0.2, 0.25) is 0 Å². The molecule has 0 fully saturated rings. The number of pyridine rings is 1. The number of benzene rings is 1. The summed E-state index contributed by atoms with van der Waals surface area (Å²) in [5, 5.41) is 0. The van der Waals surface area contributed by atoms with Gasteiger partial charge >= 0.3 is 0 Å².